The van der Waals surface area contributed by atoms with Crippen molar-refractivity contribution in [2.45, 2.75) is 26.2 Å². The number of piperazine rings is 2. The monoisotopic (exact) mass is 426 g/mol. The van der Waals surface area contributed by atoms with E-state index < -0.39 is 0 Å². The number of carbonyl (C=O) groups is 1. The summed E-state index contributed by atoms with van der Waals surface area (Å²) in [5, 5.41) is 3.48. The number of anilines is 1. The Hall–Kier alpha value is -2.28. The van der Waals surface area contributed by atoms with E-state index in [1.54, 1.807) is 0 Å². The highest BCUT2D eigenvalue weighted by molar-refractivity contribution is 5.80. The van der Waals surface area contributed by atoms with Crippen molar-refractivity contribution in [3.8, 4) is 0 Å². The van der Waals surface area contributed by atoms with E-state index in [1.807, 2.05) is 0 Å². The van der Waals surface area contributed by atoms with Crippen LogP contribution in [0.4, 0.5) is 5.69 Å². The number of amides is 1. The molecule has 7 heteroatoms. The molecule has 1 amide bonds. The molecule has 1 aromatic rings. The molecule has 0 atom stereocenters. The molecular weight excluding hydrogens is 388 g/mol. The molecule has 31 heavy (non-hydrogen) atoms. The molecule has 2 saturated heterocycles. The highest BCUT2D eigenvalue weighted by Gasteiger charge is 2.31. The van der Waals surface area contributed by atoms with Crippen LogP contribution in [-0.4, -0.2) is 98.6 Å². The lowest BCUT2D eigenvalue weighted by Crippen LogP contribution is -2.53. The third-order valence-corrected chi connectivity index (χ3v) is 6.85. The summed E-state index contributed by atoms with van der Waals surface area (Å²) >= 11 is 0. The molecular formula is C24H38N6O. The lowest BCUT2D eigenvalue weighted by Gasteiger charge is -2.38. The van der Waals surface area contributed by atoms with Gasteiger partial charge in [0.25, 0.3) is 0 Å². The number of hydrogen-bond acceptors (Lipinski definition) is 4. The Kier molecular flexibility index (Phi) is 7.67. The minimum Gasteiger partial charge on any atom is -0.368 e. The highest BCUT2D eigenvalue weighted by atomic mass is 16.2. The van der Waals surface area contributed by atoms with E-state index in [0.717, 1.165) is 90.8 Å². The van der Waals surface area contributed by atoms with Crippen LogP contribution in [-0.2, 0) is 4.79 Å². The lowest BCUT2D eigenvalue weighted by atomic mass is 9.84. The maximum absolute atomic E-state index is 12.4. The topological polar surface area (TPSA) is 54.4 Å². The molecule has 0 spiro atoms. The van der Waals surface area contributed by atoms with Gasteiger partial charge in [-0.2, -0.15) is 0 Å². The van der Waals surface area contributed by atoms with Crippen LogP contribution in [0.5, 0.6) is 0 Å². The highest BCUT2D eigenvalue weighted by Crippen LogP contribution is 2.28. The van der Waals surface area contributed by atoms with Gasteiger partial charge in [0.05, 0.1) is 6.54 Å². The van der Waals surface area contributed by atoms with Gasteiger partial charge in [-0.25, -0.2) is 0 Å². The molecule has 0 radical (unpaired) electrons. The average molecular weight is 427 g/mol. The van der Waals surface area contributed by atoms with E-state index >= 15 is 0 Å². The van der Waals surface area contributed by atoms with Crippen LogP contribution < -0.4 is 10.2 Å². The van der Waals surface area contributed by atoms with Crippen molar-refractivity contribution in [2.75, 3.05) is 76.9 Å². The summed E-state index contributed by atoms with van der Waals surface area (Å²) < 4.78 is 0. The number of aliphatic imine (C=N–C) groups is 1. The SMILES string of the molecule is CCNC(=NCCN1CCN(C(=O)C2CCC2)CC1)N1CCN(c2ccccc2)CC1. The van der Waals surface area contributed by atoms with Crippen molar-refractivity contribution in [1.82, 2.24) is 20.0 Å². The van der Waals surface area contributed by atoms with E-state index in [0.29, 0.717) is 11.8 Å². The van der Waals surface area contributed by atoms with Crippen molar-refractivity contribution in [3.05, 3.63) is 30.3 Å². The minimum atomic E-state index is 0.321. The number of carbonyl (C=O) groups excluding carboxylic acids is 1. The minimum absolute atomic E-state index is 0.321. The number of nitrogens with zero attached hydrogens (tertiary/aromatic N) is 5. The molecule has 0 aromatic heterocycles. The quantitative estimate of drug-likeness (QED) is 0.555. The maximum Gasteiger partial charge on any atom is 0.225 e. The predicted molar refractivity (Wildman–Crippen MR) is 127 cm³/mol. The van der Waals surface area contributed by atoms with Gasteiger partial charge in [0.2, 0.25) is 5.91 Å². The fourth-order valence-corrected chi connectivity index (χ4v) is 4.64. The Bertz CT molecular complexity index is 719. The van der Waals surface area contributed by atoms with E-state index in [2.05, 4.69) is 62.2 Å². The van der Waals surface area contributed by atoms with E-state index in [-0.39, 0.29) is 0 Å². The van der Waals surface area contributed by atoms with Gasteiger partial charge in [0.1, 0.15) is 0 Å². The third-order valence-electron chi connectivity index (χ3n) is 6.85. The number of nitrogens with one attached hydrogen (secondary N) is 1. The number of guanidine groups is 1. The smallest absolute Gasteiger partial charge is 0.225 e. The zero-order chi connectivity index (χ0) is 21.5. The van der Waals surface area contributed by atoms with Crippen LogP contribution >= 0.6 is 0 Å². The Morgan fingerprint density at radius 2 is 1.65 bits per heavy atom. The van der Waals surface area contributed by atoms with Crippen LogP contribution in [0, 0.1) is 5.92 Å². The zero-order valence-electron chi connectivity index (χ0n) is 19.0. The Balaban J connectivity index is 1.21. The summed E-state index contributed by atoms with van der Waals surface area (Å²) in [4.78, 5) is 26.7. The van der Waals surface area contributed by atoms with Gasteiger partial charge in [-0.3, -0.25) is 14.7 Å². The van der Waals surface area contributed by atoms with Gasteiger partial charge in [-0.15, -0.1) is 0 Å². The van der Waals surface area contributed by atoms with E-state index in [1.165, 1.54) is 12.1 Å². The first-order valence-electron chi connectivity index (χ1n) is 12.1. The van der Waals surface area contributed by atoms with Crippen molar-refractivity contribution in [2.24, 2.45) is 10.9 Å². The first-order valence-corrected chi connectivity index (χ1v) is 12.1. The molecule has 1 aliphatic carbocycles. The molecule has 2 heterocycles. The summed E-state index contributed by atoms with van der Waals surface area (Å²) in [5.41, 5.74) is 1.30. The first kappa shape index (κ1) is 21.9. The Morgan fingerprint density at radius 1 is 0.968 bits per heavy atom. The van der Waals surface area contributed by atoms with Crippen molar-refractivity contribution in [3.63, 3.8) is 0 Å². The van der Waals surface area contributed by atoms with Gasteiger partial charge < -0.3 is 20.0 Å². The van der Waals surface area contributed by atoms with Gasteiger partial charge in [-0.1, -0.05) is 24.6 Å². The van der Waals surface area contributed by atoms with Crippen LogP contribution in [0.3, 0.4) is 0 Å². The fourth-order valence-electron chi connectivity index (χ4n) is 4.64. The molecule has 3 aliphatic rings. The molecule has 3 fully saturated rings. The van der Waals surface area contributed by atoms with Gasteiger partial charge in [-0.05, 0) is 31.9 Å². The number of hydrogen-bond donors (Lipinski definition) is 1. The Morgan fingerprint density at radius 3 is 2.26 bits per heavy atom. The lowest BCUT2D eigenvalue weighted by molar-refractivity contribution is -0.139. The fraction of sp³-hybridized carbons (Fsp3) is 0.667. The maximum atomic E-state index is 12.4. The van der Waals surface area contributed by atoms with Crippen LogP contribution in [0.15, 0.2) is 35.3 Å². The van der Waals surface area contributed by atoms with Crippen LogP contribution in [0.1, 0.15) is 26.2 Å². The van der Waals surface area contributed by atoms with Gasteiger partial charge in [0, 0.05) is 77.1 Å². The van der Waals surface area contributed by atoms with E-state index in [4.69, 9.17) is 4.99 Å². The number of rotatable bonds is 6. The summed E-state index contributed by atoms with van der Waals surface area (Å²) in [7, 11) is 0. The normalized spacial score (nSPS) is 21.2. The molecule has 0 bridgehead atoms. The van der Waals surface area contributed by atoms with Crippen LogP contribution in [0.25, 0.3) is 0 Å². The van der Waals surface area contributed by atoms with Gasteiger partial charge in [0.15, 0.2) is 5.96 Å². The molecule has 2 aliphatic heterocycles. The van der Waals surface area contributed by atoms with Crippen molar-refractivity contribution in [1.29, 1.82) is 0 Å². The van der Waals surface area contributed by atoms with Crippen molar-refractivity contribution < 1.29 is 4.79 Å². The van der Waals surface area contributed by atoms with Crippen LogP contribution in [0.2, 0.25) is 0 Å². The largest absolute Gasteiger partial charge is 0.368 e. The van der Waals surface area contributed by atoms with Crippen molar-refractivity contribution >= 4 is 17.6 Å². The summed E-state index contributed by atoms with van der Waals surface area (Å²) in [6.07, 6.45) is 3.42. The third kappa shape index (κ3) is 5.70. The molecule has 1 aromatic carbocycles. The zero-order valence-corrected chi connectivity index (χ0v) is 19.0. The molecule has 7 nitrogen and oxygen atoms in total. The molecule has 170 valence electrons. The number of para-hydroxylation sites is 1. The molecule has 1 saturated carbocycles. The predicted octanol–water partition coefficient (Wildman–Crippen LogP) is 1.72. The second-order valence-corrected chi connectivity index (χ2v) is 8.84. The number of benzene rings is 1. The average Bonchev–Trinajstić information content (AvgIpc) is 2.78. The summed E-state index contributed by atoms with van der Waals surface area (Å²) in [6.45, 7) is 12.5. The van der Waals surface area contributed by atoms with E-state index in [9.17, 15) is 4.79 Å². The first-order chi connectivity index (χ1) is 15.2. The summed E-state index contributed by atoms with van der Waals surface area (Å²) in [5.74, 6) is 1.75. The Labute approximate surface area is 187 Å². The van der Waals surface area contributed by atoms with Gasteiger partial charge >= 0.3 is 0 Å². The summed E-state index contributed by atoms with van der Waals surface area (Å²) in [6, 6.07) is 10.7. The molecule has 0 unspecified atom stereocenters. The second-order valence-electron chi connectivity index (χ2n) is 8.84. The second kappa shape index (κ2) is 10.8. The standard InChI is InChI=1S/C24H38N6O/c1-2-25-24(30-19-17-28(18-20-30)22-9-4-3-5-10-22)26-11-12-27-13-15-29(16-14-27)23(31)21-7-6-8-21/h3-5,9-10,21H,2,6-8,11-20H2,1H3,(H,25,26). The molecule has 1 N–H and O–H groups in total. The molecule has 4 rings (SSSR count).